The van der Waals surface area contributed by atoms with Gasteiger partial charge in [0.25, 0.3) is 0 Å². The van der Waals surface area contributed by atoms with Gasteiger partial charge in [0.05, 0.1) is 0 Å². The highest BCUT2D eigenvalue weighted by Gasteiger charge is 2.44. The van der Waals surface area contributed by atoms with Gasteiger partial charge in [0.1, 0.15) is 0 Å². The average Bonchev–Trinajstić information content (AvgIpc) is 1.79. The van der Waals surface area contributed by atoms with E-state index in [1.807, 2.05) is 0 Å². The van der Waals surface area contributed by atoms with E-state index in [2.05, 4.69) is 0 Å². The smallest absolute Gasteiger partial charge is 0.166 e. The van der Waals surface area contributed by atoms with Crippen LogP contribution in [0.2, 0.25) is 0 Å². The van der Waals surface area contributed by atoms with Crippen molar-refractivity contribution < 1.29 is 26.3 Å². The van der Waals surface area contributed by atoms with Crippen molar-refractivity contribution in [3.63, 3.8) is 0 Å². The molecule has 0 aromatic rings. The third-order valence-corrected chi connectivity index (χ3v) is 1.71. The summed E-state index contributed by atoms with van der Waals surface area (Å²) >= 11 is 0. The molecule has 14 heavy (non-hydrogen) atoms. The lowest BCUT2D eigenvalue weighted by Gasteiger charge is -2.20. The molecule has 0 aromatic carbocycles. The summed E-state index contributed by atoms with van der Waals surface area (Å²) in [7, 11) is 0. The molecule has 0 aliphatic carbocycles. The van der Waals surface area contributed by atoms with Gasteiger partial charge in [-0.25, -0.2) is 0 Å². The summed E-state index contributed by atoms with van der Waals surface area (Å²) in [6, 6.07) is 0. The first-order valence-corrected chi connectivity index (χ1v) is 3.83. The van der Waals surface area contributed by atoms with Crippen LogP contribution in [0.25, 0.3) is 0 Å². The Morgan fingerprint density at radius 2 is 1.21 bits per heavy atom. The Morgan fingerprint density at radius 1 is 0.857 bits per heavy atom. The molecule has 0 fully saturated rings. The molecule has 0 amide bonds. The molecule has 84 valence electrons. The summed E-state index contributed by atoms with van der Waals surface area (Å²) in [5.74, 6) is -1.20. The lowest BCUT2D eigenvalue weighted by molar-refractivity contribution is -0.119. The maximum Gasteiger partial charge on any atom is 0.413 e. The van der Waals surface area contributed by atoms with Crippen molar-refractivity contribution in [2.45, 2.75) is 33.1 Å². The van der Waals surface area contributed by atoms with Gasteiger partial charge in [0, 0.05) is 11.1 Å². The molecule has 0 bridgehead atoms. The molecule has 0 atom stereocenters. The van der Waals surface area contributed by atoms with Crippen LogP contribution < -0.4 is 0 Å². The van der Waals surface area contributed by atoms with Gasteiger partial charge >= 0.3 is 12.4 Å². The standard InChI is InChI=1S/C8H10F6/c1-4(2)6(8(12,13)14)5(3)7(9,10)11/h4H,1-3H3/b6-5+. The van der Waals surface area contributed by atoms with E-state index in [1.54, 1.807) is 0 Å². The first-order chi connectivity index (χ1) is 5.98. The van der Waals surface area contributed by atoms with Crippen molar-refractivity contribution in [3.8, 4) is 0 Å². The average molecular weight is 220 g/mol. The SMILES string of the molecule is C/C(=C(/C(C)C)C(F)(F)F)C(F)(F)F. The molecular weight excluding hydrogens is 210 g/mol. The Bertz CT molecular complexity index is 229. The maximum absolute atomic E-state index is 12.2. The Kier molecular flexibility index (Phi) is 3.64. The summed E-state index contributed by atoms with van der Waals surface area (Å²) in [4.78, 5) is 0. The van der Waals surface area contributed by atoms with Gasteiger partial charge < -0.3 is 0 Å². The number of halogens is 6. The molecule has 0 aliphatic heterocycles. The summed E-state index contributed by atoms with van der Waals surface area (Å²) in [5, 5.41) is 0. The molecule has 0 aliphatic rings. The van der Waals surface area contributed by atoms with Gasteiger partial charge in [-0.15, -0.1) is 0 Å². The van der Waals surface area contributed by atoms with Gasteiger partial charge in [0.2, 0.25) is 0 Å². The summed E-state index contributed by atoms with van der Waals surface area (Å²) < 4.78 is 72.7. The molecule has 0 rings (SSSR count). The maximum atomic E-state index is 12.2. The van der Waals surface area contributed by atoms with Crippen LogP contribution in [0.1, 0.15) is 20.8 Å². The predicted molar refractivity (Wildman–Crippen MR) is 39.6 cm³/mol. The van der Waals surface area contributed by atoms with Crippen LogP contribution in [-0.4, -0.2) is 12.4 Å². The fraction of sp³-hybridized carbons (Fsp3) is 0.750. The summed E-state index contributed by atoms with van der Waals surface area (Å²) in [6.45, 7) is 2.61. The van der Waals surface area contributed by atoms with Gasteiger partial charge in [-0.1, -0.05) is 13.8 Å². The van der Waals surface area contributed by atoms with Gasteiger partial charge in [-0.3, -0.25) is 0 Å². The minimum atomic E-state index is -4.92. The van der Waals surface area contributed by atoms with Crippen molar-refractivity contribution in [3.05, 3.63) is 11.1 Å². The molecule has 6 heteroatoms. The fourth-order valence-electron chi connectivity index (χ4n) is 1.13. The van der Waals surface area contributed by atoms with Crippen LogP contribution in [0.5, 0.6) is 0 Å². The first-order valence-electron chi connectivity index (χ1n) is 3.83. The second kappa shape index (κ2) is 3.82. The molecule has 0 saturated carbocycles. The lowest BCUT2D eigenvalue weighted by atomic mass is 9.97. The molecule has 0 heterocycles. The molecule has 0 aromatic heterocycles. The molecule has 0 unspecified atom stereocenters. The normalized spacial score (nSPS) is 15.9. The second-order valence-electron chi connectivity index (χ2n) is 3.19. The number of hydrogen-bond acceptors (Lipinski definition) is 0. The monoisotopic (exact) mass is 220 g/mol. The number of allylic oxidation sites excluding steroid dienone is 2. The fourth-order valence-corrected chi connectivity index (χ4v) is 1.13. The minimum Gasteiger partial charge on any atom is -0.166 e. The second-order valence-corrected chi connectivity index (χ2v) is 3.19. The van der Waals surface area contributed by atoms with E-state index in [0.29, 0.717) is 6.92 Å². The van der Waals surface area contributed by atoms with Crippen LogP contribution in [-0.2, 0) is 0 Å². The van der Waals surface area contributed by atoms with Crippen LogP contribution in [0, 0.1) is 5.92 Å². The van der Waals surface area contributed by atoms with Crippen LogP contribution in [0.15, 0.2) is 11.1 Å². The quantitative estimate of drug-likeness (QED) is 0.461. The highest BCUT2D eigenvalue weighted by Crippen LogP contribution is 2.39. The van der Waals surface area contributed by atoms with E-state index in [0.717, 1.165) is 13.8 Å². The summed E-state index contributed by atoms with van der Waals surface area (Å²) in [6.07, 6.45) is -9.84. The third kappa shape index (κ3) is 3.23. The zero-order chi connectivity index (χ0) is 11.7. The van der Waals surface area contributed by atoms with E-state index < -0.39 is 29.4 Å². The molecule has 0 saturated heterocycles. The number of rotatable bonds is 1. The molecule has 0 N–H and O–H groups in total. The van der Waals surface area contributed by atoms with E-state index in [9.17, 15) is 26.3 Å². The van der Waals surface area contributed by atoms with Crippen molar-refractivity contribution >= 4 is 0 Å². The molecule has 0 nitrogen and oxygen atoms in total. The highest BCUT2D eigenvalue weighted by atomic mass is 19.4. The van der Waals surface area contributed by atoms with Crippen LogP contribution in [0.3, 0.4) is 0 Å². The Balaban J connectivity index is 5.41. The molecular formula is C8H10F6. The van der Waals surface area contributed by atoms with Gasteiger partial charge in [-0.2, -0.15) is 26.3 Å². The van der Waals surface area contributed by atoms with E-state index in [1.165, 1.54) is 0 Å². The third-order valence-electron chi connectivity index (χ3n) is 1.71. The van der Waals surface area contributed by atoms with E-state index in [-0.39, 0.29) is 0 Å². The van der Waals surface area contributed by atoms with E-state index in [4.69, 9.17) is 0 Å². The largest absolute Gasteiger partial charge is 0.413 e. The summed E-state index contributed by atoms with van der Waals surface area (Å²) in [5.41, 5.74) is -3.08. The van der Waals surface area contributed by atoms with Crippen molar-refractivity contribution in [2.75, 3.05) is 0 Å². The predicted octanol–water partition coefficient (Wildman–Crippen LogP) is 4.08. The van der Waals surface area contributed by atoms with Crippen LogP contribution >= 0.6 is 0 Å². The van der Waals surface area contributed by atoms with Gasteiger partial charge in [0.15, 0.2) is 0 Å². The van der Waals surface area contributed by atoms with Crippen molar-refractivity contribution in [1.82, 2.24) is 0 Å². The van der Waals surface area contributed by atoms with Crippen molar-refractivity contribution in [2.24, 2.45) is 5.92 Å². The van der Waals surface area contributed by atoms with E-state index >= 15 is 0 Å². The minimum absolute atomic E-state index is 0.447. The van der Waals surface area contributed by atoms with Crippen LogP contribution in [0.4, 0.5) is 26.3 Å². The number of alkyl halides is 6. The zero-order valence-electron chi connectivity index (χ0n) is 7.85. The topological polar surface area (TPSA) is 0 Å². The Morgan fingerprint density at radius 3 is 1.29 bits per heavy atom. The van der Waals surface area contributed by atoms with Crippen molar-refractivity contribution in [1.29, 1.82) is 0 Å². The molecule has 0 radical (unpaired) electrons. The molecule has 0 spiro atoms. The highest BCUT2D eigenvalue weighted by molar-refractivity contribution is 5.22. The zero-order valence-corrected chi connectivity index (χ0v) is 7.85. The Hall–Kier alpha value is -0.680. The first kappa shape index (κ1) is 13.3. The Labute approximate surface area is 77.6 Å². The lowest BCUT2D eigenvalue weighted by Crippen LogP contribution is -2.24. The number of hydrogen-bond donors (Lipinski definition) is 0. The van der Waals surface area contributed by atoms with Gasteiger partial charge in [-0.05, 0) is 12.8 Å².